The van der Waals surface area contributed by atoms with Crippen molar-refractivity contribution in [1.82, 2.24) is 9.55 Å². The first-order valence-corrected chi connectivity index (χ1v) is 10.8. The molecule has 6 nitrogen and oxygen atoms in total. The van der Waals surface area contributed by atoms with Crippen LogP contribution in [0.5, 0.6) is 0 Å². The van der Waals surface area contributed by atoms with Crippen LogP contribution in [0.4, 0.5) is 5.69 Å². The number of thioether (sulfide) groups is 1. The Hall–Kier alpha value is -3.11. The van der Waals surface area contributed by atoms with Crippen molar-refractivity contribution < 1.29 is 4.79 Å². The first kappa shape index (κ1) is 21.6. The molecule has 1 heterocycles. The molecule has 7 heteroatoms. The summed E-state index contributed by atoms with van der Waals surface area (Å²) in [6.07, 6.45) is 0.248. The zero-order valence-electron chi connectivity index (χ0n) is 17.1. The Kier molecular flexibility index (Phi) is 7.26. The monoisotopic (exact) mass is 420 g/mol. The van der Waals surface area contributed by atoms with Crippen molar-refractivity contribution in [3.05, 3.63) is 65.0 Å². The van der Waals surface area contributed by atoms with Gasteiger partial charge in [0.2, 0.25) is 5.91 Å². The van der Waals surface area contributed by atoms with Gasteiger partial charge in [-0.1, -0.05) is 55.9 Å². The second-order valence-corrected chi connectivity index (χ2v) is 8.24. The summed E-state index contributed by atoms with van der Waals surface area (Å²) in [7, 11) is 0. The minimum atomic E-state index is -0.125. The molecular formula is C23H24N4O2S. The molecule has 2 aromatic carbocycles. The van der Waals surface area contributed by atoms with Crippen LogP contribution in [0, 0.1) is 17.2 Å². The summed E-state index contributed by atoms with van der Waals surface area (Å²) < 4.78 is 1.66. The number of para-hydroxylation sites is 2. The van der Waals surface area contributed by atoms with Gasteiger partial charge in [-0.3, -0.25) is 14.2 Å². The summed E-state index contributed by atoms with van der Waals surface area (Å²) in [5.41, 5.74) is 1.29. The molecule has 0 atom stereocenters. The lowest BCUT2D eigenvalue weighted by atomic mass is 10.2. The van der Waals surface area contributed by atoms with Crippen molar-refractivity contribution in [3.8, 4) is 6.07 Å². The van der Waals surface area contributed by atoms with Gasteiger partial charge in [-0.25, -0.2) is 4.98 Å². The topological polar surface area (TPSA) is 79.0 Å². The average Bonchev–Trinajstić information content (AvgIpc) is 2.75. The van der Waals surface area contributed by atoms with E-state index in [0.29, 0.717) is 29.1 Å². The van der Waals surface area contributed by atoms with Gasteiger partial charge in [-0.2, -0.15) is 5.26 Å². The molecule has 0 saturated heterocycles. The fourth-order valence-electron chi connectivity index (χ4n) is 3.16. The number of amides is 1. The van der Waals surface area contributed by atoms with Crippen LogP contribution in [0.15, 0.2) is 64.5 Å². The molecule has 154 valence electrons. The first-order chi connectivity index (χ1) is 14.5. The number of nitrogens with zero attached hydrogens (tertiary/aromatic N) is 4. The molecule has 0 saturated carbocycles. The van der Waals surface area contributed by atoms with E-state index in [2.05, 4.69) is 11.1 Å². The fraction of sp³-hybridized carbons (Fsp3) is 0.304. The third-order valence-corrected chi connectivity index (χ3v) is 5.48. The maximum Gasteiger partial charge on any atom is 0.262 e. The number of hydrogen-bond donors (Lipinski definition) is 0. The predicted molar refractivity (Wildman–Crippen MR) is 121 cm³/mol. The van der Waals surface area contributed by atoms with Crippen molar-refractivity contribution in [2.24, 2.45) is 5.92 Å². The van der Waals surface area contributed by atoms with Gasteiger partial charge < -0.3 is 4.90 Å². The Morgan fingerprint density at radius 3 is 2.57 bits per heavy atom. The molecule has 0 aliphatic rings. The highest BCUT2D eigenvalue weighted by Crippen LogP contribution is 2.21. The van der Waals surface area contributed by atoms with Gasteiger partial charge in [0.25, 0.3) is 5.56 Å². The van der Waals surface area contributed by atoms with E-state index >= 15 is 0 Å². The number of fused-ring (bicyclic) bond motifs is 1. The van der Waals surface area contributed by atoms with Gasteiger partial charge in [-0.15, -0.1) is 0 Å². The Bertz CT molecular complexity index is 1120. The lowest BCUT2D eigenvalue weighted by molar-refractivity contribution is -0.116. The Morgan fingerprint density at radius 1 is 1.17 bits per heavy atom. The van der Waals surface area contributed by atoms with Crippen LogP contribution in [0.25, 0.3) is 10.9 Å². The molecule has 1 amide bonds. The van der Waals surface area contributed by atoms with Gasteiger partial charge in [0.05, 0.1) is 29.1 Å². The molecule has 3 rings (SSSR count). The molecule has 0 N–H and O–H groups in total. The second-order valence-electron chi connectivity index (χ2n) is 7.30. The fourth-order valence-corrected chi connectivity index (χ4v) is 4.04. The van der Waals surface area contributed by atoms with Crippen molar-refractivity contribution in [3.63, 3.8) is 0 Å². The van der Waals surface area contributed by atoms with E-state index in [0.717, 1.165) is 5.69 Å². The Balaban J connectivity index is 1.88. The van der Waals surface area contributed by atoms with Crippen molar-refractivity contribution in [2.45, 2.75) is 32.0 Å². The number of aromatic nitrogens is 2. The van der Waals surface area contributed by atoms with E-state index in [9.17, 15) is 9.59 Å². The molecule has 3 aromatic rings. The Labute approximate surface area is 180 Å². The average molecular weight is 421 g/mol. The van der Waals surface area contributed by atoms with Crippen molar-refractivity contribution in [1.29, 1.82) is 5.26 Å². The number of hydrogen-bond acceptors (Lipinski definition) is 5. The van der Waals surface area contributed by atoms with E-state index in [1.807, 2.05) is 62.4 Å². The van der Waals surface area contributed by atoms with Gasteiger partial charge in [0.1, 0.15) is 0 Å². The molecule has 0 fully saturated rings. The first-order valence-electron chi connectivity index (χ1n) is 9.86. The molecule has 0 aliphatic heterocycles. The normalized spacial score (nSPS) is 10.9. The molecule has 0 radical (unpaired) electrons. The molecule has 0 unspecified atom stereocenters. The van der Waals surface area contributed by atoms with Gasteiger partial charge in [0.15, 0.2) is 5.16 Å². The third kappa shape index (κ3) is 5.08. The quantitative estimate of drug-likeness (QED) is 0.405. The molecule has 0 spiro atoms. The summed E-state index contributed by atoms with van der Waals surface area (Å²) in [4.78, 5) is 32.3. The van der Waals surface area contributed by atoms with E-state index in [-0.39, 0.29) is 29.6 Å². The minimum Gasteiger partial charge on any atom is -0.311 e. The lowest BCUT2D eigenvalue weighted by Gasteiger charge is -2.22. The lowest BCUT2D eigenvalue weighted by Crippen LogP contribution is -2.33. The third-order valence-electron chi connectivity index (χ3n) is 4.52. The summed E-state index contributed by atoms with van der Waals surface area (Å²) in [5.74, 6) is 0.264. The van der Waals surface area contributed by atoms with Crippen LogP contribution in [-0.2, 0) is 11.3 Å². The molecule has 0 bridgehead atoms. The van der Waals surface area contributed by atoms with Crippen LogP contribution in [0.1, 0.15) is 20.3 Å². The van der Waals surface area contributed by atoms with E-state index in [4.69, 9.17) is 5.26 Å². The number of benzene rings is 2. The summed E-state index contributed by atoms with van der Waals surface area (Å²) in [6, 6.07) is 18.7. The summed E-state index contributed by atoms with van der Waals surface area (Å²) >= 11 is 1.26. The van der Waals surface area contributed by atoms with Crippen LogP contribution in [0.3, 0.4) is 0 Å². The summed E-state index contributed by atoms with van der Waals surface area (Å²) in [5, 5.41) is 10.1. The van der Waals surface area contributed by atoms with Gasteiger partial charge >= 0.3 is 0 Å². The van der Waals surface area contributed by atoms with Crippen LogP contribution >= 0.6 is 11.8 Å². The predicted octanol–water partition coefficient (Wildman–Crippen LogP) is 4.09. The maximum absolute atomic E-state index is 13.0. The number of anilines is 1. The van der Waals surface area contributed by atoms with Gasteiger partial charge in [-0.05, 0) is 30.2 Å². The minimum absolute atomic E-state index is 0.0892. The SMILES string of the molecule is CC(C)Cn1c(SCC(=O)N(CCC#N)c2ccccc2)nc2ccccc2c1=O. The second kappa shape index (κ2) is 10.1. The van der Waals surface area contributed by atoms with E-state index in [1.165, 1.54) is 11.8 Å². The highest BCUT2D eigenvalue weighted by Gasteiger charge is 2.18. The zero-order chi connectivity index (χ0) is 21.5. The largest absolute Gasteiger partial charge is 0.311 e. The molecule has 1 aromatic heterocycles. The van der Waals surface area contributed by atoms with Gasteiger partial charge in [0, 0.05) is 18.8 Å². The van der Waals surface area contributed by atoms with Crippen molar-refractivity contribution in [2.75, 3.05) is 17.2 Å². The van der Waals surface area contributed by atoms with Crippen molar-refractivity contribution >= 4 is 34.3 Å². The van der Waals surface area contributed by atoms with E-state index < -0.39 is 0 Å². The summed E-state index contributed by atoms with van der Waals surface area (Å²) in [6.45, 7) is 4.94. The zero-order valence-corrected chi connectivity index (χ0v) is 17.9. The number of carbonyl (C=O) groups is 1. The molecule has 0 aliphatic carbocycles. The maximum atomic E-state index is 13.0. The smallest absolute Gasteiger partial charge is 0.262 e. The number of nitriles is 1. The number of carbonyl (C=O) groups excluding carboxylic acids is 1. The highest BCUT2D eigenvalue weighted by molar-refractivity contribution is 7.99. The number of rotatable bonds is 8. The standard InChI is InChI=1S/C23H24N4O2S/c1-17(2)15-27-22(29)19-11-6-7-12-20(19)25-23(27)30-16-21(28)26(14-8-13-24)18-9-4-3-5-10-18/h3-7,9-12,17H,8,14-16H2,1-2H3. The van der Waals surface area contributed by atoms with Crippen LogP contribution < -0.4 is 10.5 Å². The van der Waals surface area contributed by atoms with Crippen LogP contribution in [-0.4, -0.2) is 27.8 Å². The molecular weight excluding hydrogens is 396 g/mol. The highest BCUT2D eigenvalue weighted by atomic mass is 32.2. The van der Waals surface area contributed by atoms with E-state index in [1.54, 1.807) is 15.5 Å². The van der Waals surface area contributed by atoms with Crippen LogP contribution in [0.2, 0.25) is 0 Å². The Morgan fingerprint density at radius 2 is 1.87 bits per heavy atom. The molecule has 30 heavy (non-hydrogen) atoms.